The minimum Gasteiger partial charge on any atom is -0.507 e. The van der Waals surface area contributed by atoms with E-state index in [-0.39, 0.29) is 22.6 Å². The van der Waals surface area contributed by atoms with Crippen molar-refractivity contribution in [3.8, 4) is 11.5 Å². The van der Waals surface area contributed by atoms with Gasteiger partial charge in [-0.05, 0) is 74.6 Å². The van der Waals surface area contributed by atoms with Crippen molar-refractivity contribution in [1.82, 2.24) is 0 Å². The maximum Gasteiger partial charge on any atom is 0.125 e. The van der Waals surface area contributed by atoms with E-state index in [0.717, 1.165) is 19.3 Å². The highest BCUT2D eigenvalue weighted by Crippen LogP contribution is 2.56. The molecular weight excluding hydrogens is 539 g/mol. The molecule has 0 bridgehead atoms. The smallest absolute Gasteiger partial charge is 0.125 e. The van der Waals surface area contributed by atoms with Crippen LogP contribution in [0, 0.1) is 6.92 Å². The molecule has 0 aliphatic rings. The molecule has 4 nitrogen and oxygen atoms in total. The molecule has 4 N–H and O–H groups in total. The number of aliphatic hydroxyl groups excluding tert-OH is 2. The fraction of sp³-hybridized carbons (Fsp3) is 0.351. The zero-order valence-electron chi connectivity index (χ0n) is 24.9. The summed E-state index contributed by atoms with van der Waals surface area (Å²) in [5.41, 5.74) is 1.71. The Morgan fingerprint density at radius 2 is 0.857 bits per heavy atom. The van der Waals surface area contributed by atoms with Crippen LogP contribution in [0.2, 0.25) is 0 Å². The van der Waals surface area contributed by atoms with Gasteiger partial charge in [0.15, 0.2) is 0 Å². The second-order valence-electron chi connectivity index (χ2n) is 11.2. The van der Waals surface area contributed by atoms with Crippen molar-refractivity contribution in [1.29, 1.82) is 0 Å². The fourth-order valence-electron chi connectivity index (χ4n) is 6.25. The first-order chi connectivity index (χ1) is 20.5. The van der Waals surface area contributed by atoms with E-state index in [2.05, 4.69) is 91.0 Å². The van der Waals surface area contributed by atoms with E-state index < -0.39 is 20.5 Å². The lowest BCUT2D eigenvalue weighted by Gasteiger charge is -2.27. The Kier molecular flexibility index (Phi) is 12.0. The summed E-state index contributed by atoms with van der Waals surface area (Å²) < 4.78 is 0. The molecule has 4 rings (SSSR count). The van der Waals surface area contributed by atoms with Gasteiger partial charge in [-0.15, -0.1) is 0 Å². The number of phenols is 2. The van der Waals surface area contributed by atoms with Crippen molar-refractivity contribution in [2.45, 2.75) is 77.9 Å². The molecule has 0 atom stereocenters. The van der Waals surface area contributed by atoms with E-state index >= 15 is 0 Å². The molecule has 0 aromatic heterocycles. The number of hydrogen-bond acceptors (Lipinski definition) is 4. The molecule has 4 aromatic rings. The van der Waals surface area contributed by atoms with E-state index in [1.165, 1.54) is 54.2 Å². The van der Waals surface area contributed by atoms with Gasteiger partial charge in [0, 0.05) is 16.7 Å². The molecule has 0 aliphatic heterocycles. The van der Waals surface area contributed by atoms with Gasteiger partial charge in [-0.3, -0.25) is 0 Å². The van der Waals surface area contributed by atoms with Crippen LogP contribution >= 0.6 is 7.26 Å². The van der Waals surface area contributed by atoms with Gasteiger partial charge in [-0.2, -0.15) is 0 Å². The molecule has 0 amide bonds. The van der Waals surface area contributed by atoms with Crippen molar-refractivity contribution >= 4 is 23.2 Å². The van der Waals surface area contributed by atoms with Crippen molar-refractivity contribution in [3.05, 3.63) is 113 Å². The van der Waals surface area contributed by atoms with Crippen molar-refractivity contribution < 1.29 is 20.4 Å². The Morgan fingerprint density at radius 1 is 0.476 bits per heavy atom. The molecule has 0 aliphatic carbocycles. The molecule has 0 fully saturated rings. The van der Waals surface area contributed by atoms with Crippen molar-refractivity contribution in [2.24, 2.45) is 0 Å². The Bertz CT molecular complexity index is 1280. The quantitative estimate of drug-likeness (QED) is 0.0646. The number of benzene rings is 4. The van der Waals surface area contributed by atoms with Gasteiger partial charge >= 0.3 is 0 Å². The molecule has 5 heteroatoms. The number of aromatic hydroxyl groups is 2. The molecule has 0 heterocycles. The standard InChI is InChI=1S/C37H45O4P/c1-29-33(37(41)35(28-39)34(27-38)36(29)40)25-17-6-4-2-3-5-7-18-26-42(30-19-11-8-12-20-30,31-21-13-9-14-22-31)32-23-15-10-16-24-32/h8-16,19-24,38-39H,2-7,17-18,25-28H2,1H3,(H-,40,41)/p+1. The van der Waals surface area contributed by atoms with Crippen LogP contribution in [0.3, 0.4) is 0 Å². The number of rotatable bonds is 16. The van der Waals surface area contributed by atoms with E-state index in [4.69, 9.17) is 0 Å². The molecule has 0 saturated heterocycles. The third kappa shape index (κ3) is 7.24. The largest absolute Gasteiger partial charge is 0.507 e. The summed E-state index contributed by atoms with van der Waals surface area (Å²) >= 11 is 0. The summed E-state index contributed by atoms with van der Waals surface area (Å²) in [5.74, 6) is -0.00937. The minimum absolute atomic E-state index is 0.0114. The Morgan fingerprint density at radius 3 is 1.29 bits per heavy atom. The third-order valence-electron chi connectivity index (χ3n) is 8.61. The SMILES string of the molecule is Cc1c(O)c(CO)c(CO)c(O)c1CCCCCCCCCC[P+](c1ccccc1)(c1ccccc1)c1ccccc1. The lowest BCUT2D eigenvalue weighted by molar-refractivity contribution is 0.249. The van der Waals surface area contributed by atoms with Crippen LogP contribution in [-0.2, 0) is 19.6 Å². The average molecular weight is 586 g/mol. The summed E-state index contributed by atoms with van der Waals surface area (Å²) in [7, 11) is -1.74. The first-order valence-corrected chi connectivity index (χ1v) is 17.3. The van der Waals surface area contributed by atoms with Gasteiger partial charge in [0.05, 0.1) is 19.4 Å². The minimum atomic E-state index is -1.74. The fourth-order valence-corrected chi connectivity index (χ4v) is 10.7. The molecule has 0 spiro atoms. The highest BCUT2D eigenvalue weighted by molar-refractivity contribution is 7.95. The molecule has 4 aromatic carbocycles. The lowest BCUT2D eigenvalue weighted by atomic mass is 9.93. The molecule has 0 unspecified atom stereocenters. The van der Waals surface area contributed by atoms with Crippen LogP contribution in [0.1, 0.15) is 73.6 Å². The Labute approximate surface area is 252 Å². The molecular formula is C37H46O4P+. The highest BCUT2D eigenvalue weighted by Gasteiger charge is 2.44. The third-order valence-corrected chi connectivity index (χ3v) is 13.1. The van der Waals surface area contributed by atoms with Gasteiger partial charge in [0.25, 0.3) is 0 Å². The zero-order chi connectivity index (χ0) is 29.8. The second-order valence-corrected chi connectivity index (χ2v) is 14.8. The van der Waals surface area contributed by atoms with Crippen LogP contribution in [0.4, 0.5) is 0 Å². The first-order valence-electron chi connectivity index (χ1n) is 15.4. The summed E-state index contributed by atoms with van der Waals surface area (Å²) in [4.78, 5) is 0. The maximum absolute atomic E-state index is 10.6. The van der Waals surface area contributed by atoms with Crippen LogP contribution in [0.25, 0.3) is 0 Å². The zero-order valence-corrected chi connectivity index (χ0v) is 25.8. The number of hydrogen-bond donors (Lipinski definition) is 4. The molecule has 0 radical (unpaired) electrons. The average Bonchev–Trinajstić information content (AvgIpc) is 3.04. The Balaban J connectivity index is 1.28. The molecule has 222 valence electrons. The monoisotopic (exact) mass is 585 g/mol. The number of aliphatic hydroxyl groups is 2. The van der Waals surface area contributed by atoms with Gasteiger partial charge in [0.2, 0.25) is 0 Å². The van der Waals surface area contributed by atoms with Crippen LogP contribution in [-0.4, -0.2) is 26.6 Å². The van der Waals surface area contributed by atoms with Crippen LogP contribution < -0.4 is 15.9 Å². The molecule has 0 saturated carbocycles. The van der Waals surface area contributed by atoms with Gasteiger partial charge in [-0.1, -0.05) is 86.7 Å². The number of unbranched alkanes of at least 4 members (excludes halogenated alkanes) is 7. The lowest BCUT2D eigenvalue weighted by Crippen LogP contribution is -2.33. The normalized spacial score (nSPS) is 11.6. The van der Waals surface area contributed by atoms with Crippen LogP contribution in [0.5, 0.6) is 11.5 Å². The predicted octanol–water partition coefficient (Wildman–Crippen LogP) is 7.05. The molecule has 42 heavy (non-hydrogen) atoms. The second kappa shape index (κ2) is 15.9. The predicted molar refractivity (Wildman–Crippen MR) is 177 cm³/mol. The summed E-state index contributed by atoms with van der Waals surface area (Å²) in [6.07, 6.45) is 11.0. The van der Waals surface area contributed by atoms with Crippen molar-refractivity contribution in [3.63, 3.8) is 0 Å². The first kappa shape index (κ1) is 31.8. The van der Waals surface area contributed by atoms with Gasteiger partial charge in [-0.25, -0.2) is 0 Å². The topological polar surface area (TPSA) is 80.9 Å². The highest BCUT2D eigenvalue weighted by atomic mass is 31.2. The van der Waals surface area contributed by atoms with E-state index in [1.54, 1.807) is 6.92 Å². The van der Waals surface area contributed by atoms with E-state index in [1.807, 2.05) is 0 Å². The van der Waals surface area contributed by atoms with E-state index in [9.17, 15) is 20.4 Å². The van der Waals surface area contributed by atoms with Gasteiger partial charge < -0.3 is 20.4 Å². The summed E-state index contributed by atoms with van der Waals surface area (Å²) in [6.45, 7) is 0.937. The van der Waals surface area contributed by atoms with E-state index in [0.29, 0.717) is 17.5 Å². The summed E-state index contributed by atoms with van der Waals surface area (Å²) in [5, 5.41) is 44.6. The van der Waals surface area contributed by atoms with Crippen molar-refractivity contribution in [2.75, 3.05) is 6.16 Å². The summed E-state index contributed by atoms with van der Waals surface area (Å²) in [6, 6.07) is 33.3. The Hall–Kier alpha value is -3.17. The maximum atomic E-state index is 10.6. The van der Waals surface area contributed by atoms with Gasteiger partial charge in [0.1, 0.15) is 34.7 Å². The van der Waals surface area contributed by atoms with Crippen LogP contribution in [0.15, 0.2) is 91.0 Å².